The van der Waals surface area contributed by atoms with E-state index in [1.165, 1.54) is 0 Å². The molecule has 0 saturated carbocycles. The fourth-order valence-electron chi connectivity index (χ4n) is 3.43. The number of fused-ring (bicyclic) bond motifs is 1. The zero-order valence-corrected chi connectivity index (χ0v) is 17.0. The van der Waals surface area contributed by atoms with Gasteiger partial charge in [-0.2, -0.15) is 0 Å². The minimum Gasteiger partial charge on any atom is -0.394 e. The van der Waals surface area contributed by atoms with Gasteiger partial charge in [0.1, 0.15) is 30.7 Å². The zero-order chi connectivity index (χ0) is 19.9. The Bertz CT molecular complexity index is 834. The van der Waals surface area contributed by atoms with Crippen LogP contribution < -0.4 is 11.1 Å². The number of nitrogens with one attached hydrogen (secondary N) is 1. The summed E-state index contributed by atoms with van der Waals surface area (Å²) in [5.41, 5.74) is 8.00. The largest absolute Gasteiger partial charge is 0.394 e. The van der Waals surface area contributed by atoms with Crippen LogP contribution in [0, 0.1) is 0 Å². The molecule has 6 N–H and O–H groups in total. The van der Waals surface area contributed by atoms with Gasteiger partial charge < -0.3 is 25.0 Å². The number of nitrogens with zero attached hydrogens (tertiary/aromatic N) is 4. The van der Waals surface area contributed by atoms with Gasteiger partial charge in [-0.15, -0.1) is 0 Å². The number of ether oxygens (including phenoxy) is 1. The summed E-state index contributed by atoms with van der Waals surface area (Å²) >= 11 is 1.97. The van der Waals surface area contributed by atoms with Crippen molar-refractivity contribution in [1.82, 2.24) is 10.2 Å². The quantitative estimate of drug-likeness (QED) is 0.193. The highest BCUT2D eigenvalue weighted by atomic mass is 127. The molecule has 5 atom stereocenters. The third kappa shape index (κ3) is 3.47. The standard InChI is InChI=1S/C17H21IN6O4/c18-16-22-14-13(17(19,23-16)21-6-9-4-2-1-3-5-9)20-8-24(14)15-12(27)11(26)10(7-25)28-15/h1-5,10-12,15,21,25-27H,6-8,19H2/t10-,11-,12-,15-,17?/m1/s1. The number of aliphatic hydroxyl groups excluding tert-OH is 3. The highest BCUT2D eigenvalue weighted by Gasteiger charge is 2.51. The van der Waals surface area contributed by atoms with Crippen LogP contribution in [-0.2, 0) is 11.3 Å². The highest BCUT2D eigenvalue weighted by molar-refractivity contribution is 14.1. The summed E-state index contributed by atoms with van der Waals surface area (Å²) in [4.78, 5) is 15.0. The van der Waals surface area contributed by atoms with Crippen LogP contribution in [0.25, 0.3) is 0 Å². The summed E-state index contributed by atoms with van der Waals surface area (Å²) in [6.45, 7) is 0.221. The average Bonchev–Trinajstić information content (AvgIpc) is 3.23. The van der Waals surface area contributed by atoms with E-state index in [1.54, 1.807) is 4.90 Å². The summed E-state index contributed by atoms with van der Waals surface area (Å²) in [6.07, 6.45) is -4.18. The minimum absolute atomic E-state index is 0.145. The van der Waals surface area contributed by atoms with Gasteiger partial charge in [-0.3, -0.25) is 16.0 Å². The van der Waals surface area contributed by atoms with Crippen LogP contribution in [0.2, 0.25) is 0 Å². The van der Waals surface area contributed by atoms with E-state index >= 15 is 0 Å². The molecular weight excluding hydrogens is 479 g/mol. The maximum Gasteiger partial charge on any atom is 0.212 e. The first-order valence-corrected chi connectivity index (χ1v) is 9.87. The Kier molecular flexibility index (Phi) is 5.48. The molecule has 1 fully saturated rings. The predicted molar refractivity (Wildman–Crippen MR) is 111 cm³/mol. The van der Waals surface area contributed by atoms with Gasteiger partial charge in [0.25, 0.3) is 0 Å². The lowest BCUT2D eigenvalue weighted by atomic mass is 10.1. The third-order valence-corrected chi connectivity index (χ3v) is 5.40. The van der Waals surface area contributed by atoms with E-state index in [1.807, 2.05) is 52.9 Å². The Hall–Kier alpha value is -1.48. The Morgan fingerprint density at radius 2 is 2.04 bits per heavy atom. The summed E-state index contributed by atoms with van der Waals surface area (Å²) < 4.78 is 6.04. The van der Waals surface area contributed by atoms with Crippen molar-refractivity contribution in [2.75, 3.05) is 13.3 Å². The average molecular weight is 500 g/mol. The van der Waals surface area contributed by atoms with Crippen molar-refractivity contribution >= 4 is 38.0 Å². The van der Waals surface area contributed by atoms with Crippen LogP contribution in [0.1, 0.15) is 5.56 Å². The van der Waals surface area contributed by atoms with E-state index in [-0.39, 0.29) is 6.67 Å². The van der Waals surface area contributed by atoms with Crippen molar-refractivity contribution in [3.63, 3.8) is 0 Å². The molecule has 0 amide bonds. The normalized spacial score (nSPS) is 34.8. The first-order valence-electron chi connectivity index (χ1n) is 8.79. The van der Waals surface area contributed by atoms with Crippen molar-refractivity contribution in [3.8, 4) is 0 Å². The molecule has 11 heteroatoms. The van der Waals surface area contributed by atoms with Crippen LogP contribution in [0.4, 0.5) is 0 Å². The van der Waals surface area contributed by atoms with Crippen LogP contribution in [0.3, 0.4) is 0 Å². The molecule has 1 aromatic rings. The van der Waals surface area contributed by atoms with E-state index in [2.05, 4.69) is 20.3 Å². The molecule has 10 nitrogen and oxygen atoms in total. The second-order valence-corrected chi connectivity index (χ2v) is 7.73. The lowest BCUT2D eigenvalue weighted by Gasteiger charge is -2.33. The number of amidine groups is 2. The van der Waals surface area contributed by atoms with Crippen molar-refractivity contribution < 1.29 is 20.1 Å². The summed E-state index contributed by atoms with van der Waals surface area (Å²) in [7, 11) is 0. The monoisotopic (exact) mass is 500 g/mol. The number of hydrogen-bond donors (Lipinski definition) is 5. The van der Waals surface area contributed by atoms with Gasteiger partial charge >= 0.3 is 0 Å². The summed E-state index contributed by atoms with van der Waals surface area (Å²) in [5, 5.41) is 32.9. The Labute approximate surface area is 175 Å². The molecule has 3 aliphatic heterocycles. The molecule has 28 heavy (non-hydrogen) atoms. The number of aliphatic imine (C=N–C) groups is 3. The van der Waals surface area contributed by atoms with Crippen molar-refractivity contribution in [1.29, 1.82) is 0 Å². The molecule has 3 heterocycles. The molecule has 0 radical (unpaired) electrons. The Morgan fingerprint density at radius 1 is 1.29 bits per heavy atom. The topological polar surface area (TPSA) is 148 Å². The molecule has 0 aromatic heterocycles. The van der Waals surface area contributed by atoms with Gasteiger partial charge in [-0.25, -0.2) is 9.98 Å². The minimum atomic E-state index is -1.28. The lowest BCUT2D eigenvalue weighted by Crippen LogP contribution is -2.63. The Balaban J connectivity index is 1.55. The van der Waals surface area contributed by atoms with E-state index in [9.17, 15) is 15.3 Å². The molecule has 150 valence electrons. The molecule has 4 rings (SSSR count). The van der Waals surface area contributed by atoms with E-state index in [0.29, 0.717) is 21.9 Å². The SMILES string of the molecule is NC1(NCc2ccccc2)N=C(I)N=C2C1=NCN2[C@@H]1O[C@H](CO)[C@@H](O)[C@H]1O. The predicted octanol–water partition coefficient (Wildman–Crippen LogP) is -1.26. The smallest absolute Gasteiger partial charge is 0.212 e. The van der Waals surface area contributed by atoms with Gasteiger partial charge in [0.15, 0.2) is 15.9 Å². The fourth-order valence-corrected chi connectivity index (χ4v) is 4.04. The molecule has 1 unspecified atom stereocenters. The number of nitrogens with two attached hydrogens (primary N) is 1. The molecule has 3 aliphatic rings. The molecule has 0 spiro atoms. The zero-order valence-electron chi connectivity index (χ0n) is 14.8. The molecule has 0 aliphatic carbocycles. The van der Waals surface area contributed by atoms with E-state index in [0.717, 1.165) is 5.56 Å². The number of halogens is 1. The van der Waals surface area contributed by atoms with Crippen LogP contribution in [0.15, 0.2) is 45.3 Å². The number of hydrogen-bond acceptors (Lipinski definition) is 10. The highest BCUT2D eigenvalue weighted by Crippen LogP contribution is 2.29. The summed E-state index contributed by atoms with van der Waals surface area (Å²) in [6, 6.07) is 9.78. The van der Waals surface area contributed by atoms with Crippen molar-refractivity contribution in [2.45, 2.75) is 36.9 Å². The van der Waals surface area contributed by atoms with Gasteiger partial charge in [-0.05, 0) is 5.56 Å². The maximum absolute atomic E-state index is 10.3. The fraction of sp³-hybridized carbons (Fsp3) is 0.471. The van der Waals surface area contributed by atoms with Gasteiger partial charge in [0.2, 0.25) is 5.79 Å². The lowest BCUT2D eigenvalue weighted by molar-refractivity contribution is -0.0688. The van der Waals surface area contributed by atoms with Crippen molar-refractivity contribution in [2.24, 2.45) is 20.7 Å². The molecule has 1 saturated heterocycles. The number of benzene rings is 1. The number of aliphatic hydroxyl groups is 3. The third-order valence-electron chi connectivity index (χ3n) is 4.92. The molecular formula is C17H21IN6O4. The van der Waals surface area contributed by atoms with Crippen LogP contribution in [0.5, 0.6) is 0 Å². The first-order chi connectivity index (χ1) is 13.4. The van der Waals surface area contributed by atoms with E-state index < -0.39 is 36.9 Å². The summed E-state index contributed by atoms with van der Waals surface area (Å²) in [5.74, 6) is -0.853. The first kappa shape index (κ1) is 19.8. The number of rotatable bonds is 5. The maximum atomic E-state index is 10.3. The van der Waals surface area contributed by atoms with Crippen LogP contribution in [-0.4, -0.2) is 79.2 Å². The second kappa shape index (κ2) is 7.74. The van der Waals surface area contributed by atoms with Gasteiger partial charge in [0.05, 0.1) is 6.61 Å². The van der Waals surface area contributed by atoms with Crippen molar-refractivity contribution in [3.05, 3.63) is 35.9 Å². The molecule has 0 bridgehead atoms. The Morgan fingerprint density at radius 3 is 2.71 bits per heavy atom. The second-order valence-electron chi connectivity index (χ2n) is 6.77. The molecule has 1 aromatic carbocycles. The van der Waals surface area contributed by atoms with E-state index in [4.69, 9.17) is 10.5 Å². The van der Waals surface area contributed by atoms with Gasteiger partial charge in [0, 0.05) is 29.1 Å². The van der Waals surface area contributed by atoms with Gasteiger partial charge in [-0.1, -0.05) is 30.3 Å². The van der Waals surface area contributed by atoms with Crippen LogP contribution >= 0.6 is 22.6 Å².